The smallest absolute Gasteiger partial charge is 0.212 e. The summed E-state index contributed by atoms with van der Waals surface area (Å²) in [7, 11) is 0. The topological polar surface area (TPSA) is 47.8 Å². The van der Waals surface area contributed by atoms with Gasteiger partial charge < -0.3 is 0 Å². The van der Waals surface area contributed by atoms with Crippen LogP contribution in [0.15, 0.2) is 30.5 Å². The Morgan fingerprint density at radius 1 is 1.35 bits per heavy atom. The summed E-state index contributed by atoms with van der Waals surface area (Å²) in [6, 6.07) is 6.80. The number of hydrogen-bond acceptors (Lipinski definition) is 3. The molecule has 0 unspecified atom stereocenters. The molecule has 88 valence electrons. The highest BCUT2D eigenvalue weighted by Gasteiger charge is 2.14. The Balaban J connectivity index is 2.30. The first-order valence-corrected chi connectivity index (χ1v) is 5.79. The van der Waals surface area contributed by atoms with E-state index < -0.39 is 0 Å². The van der Waals surface area contributed by atoms with Gasteiger partial charge in [0.05, 0.1) is 6.20 Å². The second-order valence-corrected chi connectivity index (χ2v) is 4.11. The molecule has 4 nitrogen and oxygen atoms in total. The summed E-state index contributed by atoms with van der Waals surface area (Å²) in [5.74, 6) is -0.0832. The lowest BCUT2D eigenvalue weighted by Gasteiger charge is -2.03. The molecule has 0 N–H and O–H groups in total. The van der Waals surface area contributed by atoms with Crippen molar-refractivity contribution in [3.8, 4) is 0 Å². The van der Waals surface area contributed by atoms with E-state index in [1.54, 1.807) is 28.9 Å². The molecule has 0 amide bonds. The van der Waals surface area contributed by atoms with Crippen molar-refractivity contribution in [2.75, 3.05) is 0 Å². The second-order valence-electron chi connectivity index (χ2n) is 3.68. The fraction of sp³-hybridized carbons (Fsp3) is 0.250. The second kappa shape index (κ2) is 5.10. The maximum absolute atomic E-state index is 12.2. The average Bonchev–Trinajstić information content (AvgIpc) is 2.78. The van der Waals surface area contributed by atoms with Crippen molar-refractivity contribution in [1.29, 1.82) is 0 Å². The summed E-state index contributed by atoms with van der Waals surface area (Å²) in [5, 5.41) is 8.27. The Kier molecular flexibility index (Phi) is 3.54. The molecule has 0 fully saturated rings. The molecule has 0 aliphatic rings. The van der Waals surface area contributed by atoms with Crippen LogP contribution in [0.5, 0.6) is 0 Å². The molecular weight excluding hydrogens is 238 g/mol. The molecule has 0 spiro atoms. The van der Waals surface area contributed by atoms with E-state index in [1.807, 2.05) is 6.92 Å². The number of hydrogen-bond donors (Lipinski definition) is 0. The molecule has 0 bridgehead atoms. The number of benzene rings is 1. The molecule has 1 heterocycles. The van der Waals surface area contributed by atoms with Crippen LogP contribution in [0.25, 0.3) is 0 Å². The molecule has 0 saturated heterocycles. The minimum Gasteiger partial charge on any atom is -0.287 e. The number of carbonyl (C=O) groups is 1. The van der Waals surface area contributed by atoms with Gasteiger partial charge in [-0.15, -0.1) is 5.10 Å². The van der Waals surface area contributed by atoms with Crippen LogP contribution in [0.3, 0.4) is 0 Å². The molecule has 2 aromatic rings. The number of carbonyl (C=O) groups excluding carboxylic acids is 1. The Labute approximate surface area is 104 Å². The van der Waals surface area contributed by atoms with Gasteiger partial charge in [0.2, 0.25) is 5.78 Å². The molecule has 1 aromatic carbocycles. The lowest BCUT2D eigenvalue weighted by Crippen LogP contribution is -2.11. The molecule has 2 rings (SSSR count). The minimum atomic E-state index is -0.0832. The number of aromatic nitrogens is 3. The van der Waals surface area contributed by atoms with Crippen molar-refractivity contribution >= 4 is 17.4 Å². The van der Waals surface area contributed by atoms with E-state index in [1.165, 1.54) is 6.20 Å². The van der Waals surface area contributed by atoms with Crippen LogP contribution in [0.2, 0.25) is 5.02 Å². The Morgan fingerprint density at radius 3 is 2.71 bits per heavy atom. The molecule has 0 radical (unpaired) electrons. The number of rotatable bonds is 4. The van der Waals surface area contributed by atoms with Crippen LogP contribution < -0.4 is 0 Å². The van der Waals surface area contributed by atoms with Crippen molar-refractivity contribution in [3.63, 3.8) is 0 Å². The number of aryl methyl sites for hydroxylation is 1. The zero-order chi connectivity index (χ0) is 12.3. The molecule has 0 atom stereocenters. The summed E-state index contributed by atoms with van der Waals surface area (Å²) in [5.41, 5.74) is 1.10. The van der Waals surface area contributed by atoms with E-state index in [-0.39, 0.29) is 5.78 Å². The van der Waals surface area contributed by atoms with Gasteiger partial charge in [-0.2, -0.15) is 0 Å². The predicted octanol–water partition coefficient (Wildman–Crippen LogP) is 2.57. The van der Waals surface area contributed by atoms with Gasteiger partial charge in [-0.05, 0) is 30.7 Å². The monoisotopic (exact) mass is 249 g/mol. The molecule has 0 saturated carbocycles. The molecule has 1 aromatic heterocycles. The van der Waals surface area contributed by atoms with Gasteiger partial charge in [-0.3, -0.25) is 4.79 Å². The number of halogens is 1. The van der Waals surface area contributed by atoms with Crippen molar-refractivity contribution in [1.82, 2.24) is 15.0 Å². The largest absolute Gasteiger partial charge is 0.287 e. The van der Waals surface area contributed by atoms with E-state index in [0.29, 0.717) is 22.8 Å². The zero-order valence-electron chi connectivity index (χ0n) is 9.43. The summed E-state index contributed by atoms with van der Waals surface area (Å²) in [6.07, 6.45) is 2.40. The van der Waals surface area contributed by atoms with E-state index in [9.17, 15) is 4.79 Å². The van der Waals surface area contributed by atoms with Crippen molar-refractivity contribution in [2.45, 2.75) is 19.9 Å². The van der Waals surface area contributed by atoms with Gasteiger partial charge in [0.1, 0.15) is 5.69 Å². The lowest BCUT2D eigenvalue weighted by atomic mass is 10.1. The zero-order valence-corrected chi connectivity index (χ0v) is 10.2. The highest BCUT2D eigenvalue weighted by atomic mass is 35.5. The molecule has 0 aliphatic heterocycles. The van der Waals surface area contributed by atoms with Gasteiger partial charge in [-0.1, -0.05) is 23.7 Å². The van der Waals surface area contributed by atoms with Crippen molar-refractivity contribution in [2.24, 2.45) is 0 Å². The van der Waals surface area contributed by atoms with Gasteiger partial charge in [0, 0.05) is 17.1 Å². The van der Waals surface area contributed by atoms with E-state index in [4.69, 9.17) is 11.6 Å². The third-order valence-corrected chi connectivity index (χ3v) is 2.64. The van der Waals surface area contributed by atoms with Gasteiger partial charge in [-0.25, -0.2) is 4.68 Å². The van der Waals surface area contributed by atoms with Gasteiger partial charge in [0.15, 0.2) is 0 Å². The Bertz CT molecular complexity index is 519. The van der Waals surface area contributed by atoms with Crippen LogP contribution >= 0.6 is 11.6 Å². The van der Waals surface area contributed by atoms with Crippen LogP contribution in [0.1, 0.15) is 29.4 Å². The first-order chi connectivity index (χ1) is 8.22. The van der Waals surface area contributed by atoms with Crippen LogP contribution in [0, 0.1) is 0 Å². The van der Waals surface area contributed by atoms with E-state index >= 15 is 0 Å². The van der Waals surface area contributed by atoms with Gasteiger partial charge in [0.25, 0.3) is 0 Å². The highest BCUT2D eigenvalue weighted by molar-refractivity contribution is 6.30. The standard InChI is InChI=1S/C12H12ClN3O/c1-2-7-16-11(8-14-15-16)12(17)9-3-5-10(13)6-4-9/h3-6,8H,2,7H2,1H3. The molecule has 5 heteroatoms. The van der Waals surface area contributed by atoms with Crippen LogP contribution in [0.4, 0.5) is 0 Å². The highest BCUT2D eigenvalue weighted by Crippen LogP contribution is 2.13. The summed E-state index contributed by atoms with van der Waals surface area (Å²) in [4.78, 5) is 12.2. The third kappa shape index (κ3) is 2.53. The lowest BCUT2D eigenvalue weighted by molar-refractivity contribution is 0.102. The fourth-order valence-electron chi connectivity index (χ4n) is 1.56. The Morgan fingerprint density at radius 2 is 2.06 bits per heavy atom. The van der Waals surface area contributed by atoms with Crippen LogP contribution in [-0.2, 0) is 6.54 Å². The Hall–Kier alpha value is -1.68. The summed E-state index contributed by atoms with van der Waals surface area (Å²) in [6.45, 7) is 2.72. The maximum Gasteiger partial charge on any atom is 0.212 e. The average molecular weight is 250 g/mol. The quantitative estimate of drug-likeness (QED) is 0.783. The molecule has 0 aliphatic carbocycles. The van der Waals surface area contributed by atoms with Gasteiger partial charge >= 0.3 is 0 Å². The number of nitrogens with zero attached hydrogens (tertiary/aromatic N) is 3. The predicted molar refractivity (Wildman–Crippen MR) is 65.2 cm³/mol. The minimum absolute atomic E-state index is 0.0832. The first kappa shape index (κ1) is 11.8. The number of ketones is 1. The van der Waals surface area contributed by atoms with E-state index in [2.05, 4.69) is 10.3 Å². The first-order valence-electron chi connectivity index (χ1n) is 5.41. The maximum atomic E-state index is 12.2. The van der Waals surface area contributed by atoms with Crippen LogP contribution in [-0.4, -0.2) is 20.8 Å². The molecular formula is C12H12ClN3O. The molecule has 17 heavy (non-hydrogen) atoms. The SMILES string of the molecule is CCCn1nncc1C(=O)c1ccc(Cl)cc1. The fourth-order valence-corrected chi connectivity index (χ4v) is 1.69. The van der Waals surface area contributed by atoms with E-state index in [0.717, 1.165) is 6.42 Å². The van der Waals surface area contributed by atoms with Crippen molar-refractivity contribution in [3.05, 3.63) is 46.7 Å². The summed E-state index contributed by atoms with van der Waals surface area (Å²) < 4.78 is 1.62. The third-order valence-electron chi connectivity index (χ3n) is 2.39. The summed E-state index contributed by atoms with van der Waals surface area (Å²) >= 11 is 5.78. The normalized spacial score (nSPS) is 10.5. The van der Waals surface area contributed by atoms with Crippen molar-refractivity contribution < 1.29 is 4.79 Å².